The summed E-state index contributed by atoms with van der Waals surface area (Å²) in [7, 11) is -0.810. The first-order valence-corrected chi connectivity index (χ1v) is 14.9. The van der Waals surface area contributed by atoms with Gasteiger partial charge in [-0.2, -0.15) is 0 Å². The first kappa shape index (κ1) is 17.6. The van der Waals surface area contributed by atoms with Crippen LogP contribution in [-0.2, 0) is 6.04 Å². The maximum atomic E-state index is 2.54. The predicted molar refractivity (Wildman–Crippen MR) is 125 cm³/mol. The van der Waals surface area contributed by atoms with Crippen molar-refractivity contribution in [2.45, 2.75) is 6.04 Å². The normalized spacial score (nSPS) is 14.6. The van der Waals surface area contributed by atoms with Crippen LogP contribution in [0.2, 0.25) is 0 Å². The summed E-state index contributed by atoms with van der Waals surface area (Å²) in [4.78, 5) is 0. The molecule has 132 valence electrons. The van der Waals surface area contributed by atoms with Gasteiger partial charge < -0.3 is 0 Å². The lowest BCUT2D eigenvalue weighted by atomic mass is 10.2. The maximum Gasteiger partial charge on any atom is 0.125 e. The van der Waals surface area contributed by atoms with Crippen LogP contribution in [0.3, 0.4) is 0 Å². The molecule has 0 aromatic heterocycles. The molecule has 28 heavy (non-hydrogen) atoms. The fourth-order valence-corrected chi connectivity index (χ4v) is 12.2. The predicted octanol–water partition coefficient (Wildman–Crippen LogP) is 1.53. The Morgan fingerprint density at radius 1 is 0.536 bits per heavy atom. The molecule has 1 heterocycles. The van der Waals surface area contributed by atoms with Gasteiger partial charge in [0.25, 0.3) is 0 Å². The number of benzene rings is 4. The molecule has 4 aromatic carbocycles. The van der Waals surface area contributed by atoms with Gasteiger partial charge in [0.15, 0.2) is 0 Å². The molecule has 4 bridgehead atoms. The topological polar surface area (TPSA) is 0 Å². The van der Waals surface area contributed by atoms with E-state index < -0.39 is 17.1 Å². The standard InChI is InChI=1S/C25H20Si3/c1-3-11-22(12-4-1)27-19-20-9-7-10-21(17-20)26-28(23-13-5-2-6-14-23)25-16-8-15-24(27)18-25/h1-18H,19H2. The Hall–Kier alpha value is -2.47. The minimum Gasteiger partial charge on any atom is -0.0664 e. The molecule has 0 spiro atoms. The highest BCUT2D eigenvalue weighted by atomic mass is 29.2. The Bertz CT molecular complexity index is 997. The smallest absolute Gasteiger partial charge is 0.0664 e. The van der Waals surface area contributed by atoms with E-state index in [0.717, 1.165) is 15.1 Å². The summed E-state index contributed by atoms with van der Waals surface area (Å²) in [6.45, 7) is 0. The molecule has 3 heteroatoms. The summed E-state index contributed by atoms with van der Waals surface area (Å²) in [5.74, 6) is 0. The number of fused-ring (bicyclic) bond motifs is 4. The highest BCUT2D eigenvalue weighted by Gasteiger charge is 2.24. The minimum atomic E-state index is -0.842. The van der Waals surface area contributed by atoms with Crippen LogP contribution in [0, 0.1) is 0 Å². The van der Waals surface area contributed by atoms with E-state index in [2.05, 4.69) is 109 Å². The van der Waals surface area contributed by atoms with Crippen LogP contribution in [0.25, 0.3) is 0 Å². The number of rotatable bonds is 2. The van der Waals surface area contributed by atoms with E-state index in [1.54, 1.807) is 10.4 Å². The highest BCUT2D eigenvalue weighted by molar-refractivity contribution is 7.29. The van der Waals surface area contributed by atoms with E-state index in [1.165, 1.54) is 21.1 Å². The summed E-state index contributed by atoms with van der Waals surface area (Å²) < 4.78 is 0. The van der Waals surface area contributed by atoms with E-state index in [0.29, 0.717) is 0 Å². The van der Waals surface area contributed by atoms with Gasteiger partial charge in [-0.3, -0.25) is 0 Å². The first-order chi connectivity index (χ1) is 13.9. The molecule has 0 aliphatic carbocycles. The van der Waals surface area contributed by atoms with Crippen LogP contribution in [-0.4, -0.2) is 26.1 Å². The molecule has 0 fully saturated rings. The van der Waals surface area contributed by atoms with Gasteiger partial charge in [0.05, 0.1) is 9.04 Å². The van der Waals surface area contributed by atoms with Crippen LogP contribution >= 0.6 is 0 Å². The van der Waals surface area contributed by atoms with Crippen molar-refractivity contribution in [2.24, 2.45) is 0 Å². The van der Waals surface area contributed by atoms with Crippen molar-refractivity contribution in [1.82, 2.24) is 0 Å². The largest absolute Gasteiger partial charge is 0.125 e. The monoisotopic (exact) mass is 404 g/mol. The van der Waals surface area contributed by atoms with Gasteiger partial charge in [-0.15, -0.1) is 0 Å². The molecule has 5 rings (SSSR count). The van der Waals surface area contributed by atoms with E-state index in [9.17, 15) is 0 Å². The SMILES string of the molecule is c1ccc([Si]2Cc3cccc(c3)[Si][Si](c3ccccc3)c3cccc2c3)cc1. The zero-order valence-electron chi connectivity index (χ0n) is 15.6. The maximum absolute atomic E-state index is 2.54. The van der Waals surface area contributed by atoms with Crippen LogP contribution in [0.4, 0.5) is 0 Å². The van der Waals surface area contributed by atoms with Gasteiger partial charge in [0, 0.05) is 0 Å². The van der Waals surface area contributed by atoms with Crippen LogP contribution in [0.15, 0.2) is 109 Å². The van der Waals surface area contributed by atoms with Gasteiger partial charge in [0.1, 0.15) is 17.1 Å². The third-order valence-corrected chi connectivity index (χ3v) is 14.1. The van der Waals surface area contributed by atoms with Gasteiger partial charge in [-0.05, 0) is 6.04 Å². The molecular formula is C25H20Si3. The molecule has 0 saturated carbocycles. The molecule has 0 unspecified atom stereocenters. The van der Waals surface area contributed by atoms with Crippen molar-refractivity contribution < 1.29 is 0 Å². The summed E-state index contributed by atoms with van der Waals surface area (Å²) >= 11 is 0. The van der Waals surface area contributed by atoms with Crippen molar-refractivity contribution in [3.8, 4) is 0 Å². The van der Waals surface area contributed by atoms with Crippen LogP contribution in [0.1, 0.15) is 5.56 Å². The zero-order valence-corrected chi connectivity index (χ0v) is 18.6. The highest BCUT2D eigenvalue weighted by Crippen LogP contribution is 2.05. The van der Waals surface area contributed by atoms with E-state index in [-0.39, 0.29) is 0 Å². The van der Waals surface area contributed by atoms with E-state index in [1.807, 2.05) is 0 Å². The summed E-state index contributed by atoms with van der Waals surface area (Å²) in [6, 6.07) is 42.4. The molecule has 0 N–H and O–H groups in total. The van der Waals surface area contributed by atoms with Crippen LogP contribution in [0.5, 0.6) is 0 Å². The van der Waals surface area contributed by atoms with E-state index >= 15 is 0 Å². The summed E-state index contributed by atoms with van der Waals surface area (Å²) in [5, 5.41) is 7.63. The molecule has 1 aliphatic rings. The first-order valence-electron chi connectivity index (χ1n) is 9.67. The van der Waals surface area contributed by atoms with Crippen LogP contribution < -0.4 is 25.9 Å². The average molecular weight is 405 g/mol. The minimum absolute atomic E-state index is 0.817. The lowest BCUT2D eigenvalue weighted by molar-refractivity contribution is 1.38. The molecule has 0 saturated heterocycles. The second-order valence-corrected chi connectivity index (χ2v) is 14.6. The lowest BCUT2D eigenvalue weighted by Gasteiger charge is -2.22. The third-order valence-electron chi connectivity index (χ3n) is 5.26. The second kappa shape index (κ2) is 7.87. The Morgan fingerprint density at radius 3 is 1.96 bits per heavy atom. The average Bonchev–Trinajstić information content (AvgIpc) is 2.77. The Labute approximate surface area is 172 Å². The van der Waals surface area contributed by atoms with Gasteiger partial charge in [-0.1, -0.05) is 141 Å². The molecule has 1 aliphatic heterocycles. The van der Waals surface area contributed by atoms with Crippen molar-refractivity contribution in [3.05, 3.63) is 115 Å². The Kier molecular flexibility index (Phi) is 4.95. The zero-order chi connectivity index (χ0) is 18.8. The Balaban J connectivity index is 1.69. The van der Waals surface area contributed by atoms with Crippen molar-refractivity contribution in [2.75, 3.05) is 0 Å². The molecular weight excluding hydrogens is 385 g/mol. The number of hydrogen-bond acceptors (Lipinski definition) is 0. The van der Waals surface area contributed by atoms with Crippen molar-refractivity contribution in [3.63, 3.8) is 0 Å². The molecule has 0 nitrogen and oxygen atoms in total. The summed E-state index contributed by atoms with van der Waals surface area (Å²) in [5.41, 5.74) is 1.49. The second-order valence-electron chi connectivity index (χ2n) is 7.17. The molecule has 0 amide bonds. The lowest BCUT2D eigenvalue weighted by Crippen LogP contribution is -2.54. The Morgan fingerprint density at radius 2 is 1.18 bits per heavy atom. The van der Waals surface area contributed by atoms with Gasteiger partial charge >= 0.3 is 0 Å². The number of hydrogen-bond donors (Lipinski definition) is 0. The van der Waals surface area contributed by atoms with Crippen molar-refractivity contribution in [1.29, 1.82) is 0 Å². The molecule has 4 aromatic rings. The fraction of sp³-hybridized carbons (Fsp3) is 0.0400. The fourth-order valence-electron chi connectivity index (χ4n) is 3.90. The third kappa shape index (κ3) is 3.61. The summed E-state index contributed by atoms with van der Waals surface area (Å²) in [6.07, 6.45) is 0. The molecule has 4 radical (unpaired) electrons. The quantitative estimate of drug-likeness (QED) is 0.445. The molecule has 0 atom stereocenters. The van der Waals surface area contributed by atoms with Gasteiger partial charge in [0.2, 0.25) is 0 Å². The van der Waals surface area contributed by atoms with E-state index in [4.69, 9.17) is 0 Å². The van der Waals surface area contributed by atoms with Gasteiger partial charge in [-0.25, -0.2) is 0 Å². The van der Waals surface area contributed by atoms with Crippen molar-refractivity contribution >= 4 is 52.1 Å².